The third kappa shape index (κ3) is 7.67. The van der Waals surface area contributed by atoms with Crippen LogP contribution >= 0.6 is 0 Å². The molecule has 8 heteroatoms. The fourth-order valence-corrected chi connectivity index (χ4v) is 1.37. The second-order valence-corrected chi connectivity index (χ2v) is 3.86. The van der Waals surface area contributed by atoms with Crippen LogP contribution in [0.25, 0.3) is 10.9 Å². The minimum absolute atomic E-state index is 0.304. The van der Waals surface area contributed by atoms with Crippen molar-refractivity contribution in [3.05, 3.63) is 42.1 Å². The molecule has 1 heterocycles. The first kappa shape index (κ1) is 19.4. The van der Waals surface area contributed by atoms with Crippen molar-refractivity contribution in [1.29, 1.82) is 0 Å². The molecule has 120 valence electrons. The molecule has 8 nitrogen and oxygen atoms in total. The van der Waals surface area contributed by atoms with Gasteiger partial charge in [0.15, 0.2) is 0 Å². The van der Waals surface area contributed by atoms with Crippen molar-refractivity contribution >= 4 is 28.8 Å². The normalized spacial score (nSPS) is 8.61. The summed E-state index contributed by atoms with van der Waals surface area (Å²) < 4.78 is 0. The summed E-state index contributed by atoms with van der Waals surface area (Å²) in [6.07, 6.45) is 8.00. The number of amides is 3. The molecule has 0 unspecified atom stereocenters. The van der Waals surface area contributed by atoms with Crippen LogP contribution in [0.5, 0.6) is 0 Å². The number of para-hydroxylation sites is 1. The number of hydrogen-bond donors (Lipinski definition) is 4. The van der Waals surface area contributed by atoms with E-state index in [9.17, 15) is 14.4 Å². The number of fused-ring (bicyclic) bond motifs is 1. The van der Waals surface area contributed by atoms with Crippen molar-refractivity contribution in [3.8, 4) is 12.8 Å². The van der Waals surface area contributed by atoms with Crippen LogP contribution in [0.2, 0.25) is 0 Å². The third-order valence-electron chi connectivity index (χ3n) is 2.26. The first-order valence-corrected chi connectivity index (χ1v) is 6.14. The lowest BCUT2D eigenvalue weighted by atomic mass is 10.2. The zero-order valence-corrected chi connectivity index (χ0v) is 12.1. The number of terminal acetylenes is 1. The number of nitrogens with two attached hydrogens (primary N) is 2. The van der Waals surface area contributed by atoms with Crippen molar-refractivity contribution in [2.75, 3.05) is 6.54 Å². The van der Waals surface area contributed by atoms with Crippen LogP contribution in [0, 0.1) is 12.8 Å². The van der Waals surface area contributed by atoms with Gasteiger partial charge in [-0.15, -0.1) is 12.8 Å². The Morgan fingerprint density at radius 3 is 2.17 bits per heavy atom. The zero-order valence-electron chi connectivity index (χ0n) is 12.1. The van der Waals surface area contributed by atoms with Crippen molar-refractivity contribution in [1.82, 2.24) is 10.3 Å². The summed E-state index contributed by atoms with van der Waals surface area (Å²) in [5.41, 5.74) is 10.7. The van der Waals surface area contributed by atoms with E-state index < -0.39 is 24.5 Å². The second-order valence-electron chi connectivity index (χ2n) is 3.86. The Hall–Kier alpha value is -3.60. The first-order valence-electron chi connectivity index (χ1n) is 6.14. The molecule has 23 heavy (non-hydrogen) atoms. The monoisotopic (exact) mass is 316 g/mol. The van der Waals surface area contributed by atoms with Gasteiger partial charge in [0, 0.05) is 5.39 Å². The number of carboxylic acids is 1. The van der Waals surface area contributed by atoms with Gasteiger partial charge in [-0.25, -0.2) is 9.78 Å². The van der Waals surface area contributed by atoms with Gasteiger partial charge in [0.1, 0.15) is 12.2 Å². The average molecular weight is 316 g/mol. The van der Waals surface area contributed by atoms with Crippen LogP contribution in [0.3, 0.4) is 0 Å². The minimum atomic E-state index is -1.11. The summed E-state index contributed by atoms with van der Waals surface area (Å²) >= 11 is 0. The fourth-order valence-electron chi connectivity index (χ4n) is 1.37. The number of nitrogens with zero attached hydrogens (tertiary/aromatic N) is 1. The van der Waals surface area contributed by atoms with E-state index in [1.54, 1.807) is 6.07 Å². The SMILES string of the molecule is C#C.NC(=O)NCC(=O)O.NC(=O)c1ccc2ccccc2n1. The van der Waals surface area contributed by atoms with Crippen molar-refractivity contribution < 1.29 is 19.5 Å². The molecule has 2 rings (SSSR count). The van der Waals surface area contributed by atoms with Crippen LogP contribution in [0.1, 0.15) is 10.5 Å². The zero-order chi connectivity index (χ0) is 17.8. The predicted molar refractivity (Wildman–Crippen MR) is 85.4 cm³/mol. The van der Waals surface area contributed by atoms with Gasteiger partial charge in [-0.05, 0) is 12.1 Å². The maximum absolute atomic E-state index is 10.8. The molecule has 6 N–H and O–H groups in total. The quantitative estimate of drug-likeness (QED) is 0.602. The summed E-state index contributed by atoms with van der Waals surface area (Å²) in [7, 11) is 0. The Morgan fingerprint density at radius 2 is 1.70 bits per heavy atom. The first-order chi connectivity index (χ1) is 10.9. The largest absolute Gasteiger partial charge is 0.480 e. The van der Waals surface area contributed by atoms with Gasteiger partial charge in [-0.3, -0.25) is 9.59 Å². The van der Waals surface area contributed by atoms with E-state index in [-0.39, 0.29) is 0 Å². The summed E-state index contributed by atoms with van der Waals surface area (Å²) in [5, 5.41) is 10.8. The molecule has 0 aliphatic rings. The number of carbonyl (C=O) groups is 3. The van der Waals surface area contributed by atoms with E-state index in [0.717, 1.165) is 10.9 Å². The number of urea groups is 1. The molecular weight excluding hydrogens is 300 g/mol. The van der Waals surface area contributed by atoms with Gasteiger partial charge >= 0.3 is 12.0 Å². The summed E-state index contributed by atoms with van der Waals surface area (Å²) in [6.45, 7) is -0.421. The number of hydrogen-bond acceptors (Lipinski definition) is 4. The Morgan fingerprint density at radius 1 is 1.09 bits per heavy atom. The second kappa shape index (κ2) is 10.2. The highest BCUT2D eigenvalue weighted by Gasteiger charge is 2.01. The number of primary amides is 2. The Bertz CT molecular complexity index is 699. The highest BCUT2D eigenvalue weighted by Crippen LogP contribution is 2.10. The van der Waals surface area contributed by atoms with Gasteiger partial charge in [0.2, 0.25) is 0 Å². The van der Waals surface area contributed by atoms with E-state index >= 15 is 0 Å². The van der Waals surface area contributed by atoms with E-state index in [1.165, 1.54) is 0 Å². The van der Waals surface area contributed by atoms with Gasteiger partial charge < -0.3 is 21.9 Å². The molecule has 2 aromatic rings. The Balaban J connectivity index is 0.000000421. The molecule has 0 radical (unpaired) electrons. The lowest BCUT2D eigenvalue weighted by Gasteiger charge is -1.97. The molecule has 1 aromatic heterocycles. The minimum Gasteiger partial charge on any atom is -0.480 e. The number of carbonyl (C=O) groups excluding carboxylic acids is 2. The van der Waals surface area contributed by atoms with E-state index in [0.29, 0.717) is 5.69 Å². The lowest BCUT2D eigenvalue weighted by molar-refractivity contribution is -0.135. The number of aliphatic carboxylic acids is 1. The van der Waals surface area contributed by atoms with E-state index in [4.69, 9.17) is 10.8 Å². The van der Waals surface area contributed by atoms with Gasteiger partial charge in [0.05, 0.1) is 5.52 Å². The molecule has 0 spiro atoms. The summed E-state index contributed by atoms with van der Waals surface area (Å²) in [4.78, 5) is 34.3. The molecule has 3 amide bonds. The molecule has 0 aliphatic heterocycles. The van der Waals surface area contributed by atoms with Crippen LogP contribution in [0.4, 0.5) is 4.79 Å². The number of nitrogens with one attached hydrogen (secondary N) is 1. The third-order valence-corrected chi connectivity index (χ3v) is 2.26. The fraction of sp³-hybridized carbons (Fsp3) is 0.0667. The molecule has 0 saturated carbocycles. The van der Waals surface area contributed by atoms with Crippen LogP contribution in [-0.2, 0) is 4.79 Å². The van der Waals surface area contributed by atoms with Crippen molar-refractivity contribution in [3.63, 3.8) is 0 Å². The molecular formula is C15H16N4O4. The Kier molecular flexibility index (Phi) is 8.58. The highest BCUT2D eigenvalue weighted by atomic mass is 16.4. The van der Waals surface area contributed by atoms with Crippen molar-refractivity contribution in [2.45, 2.75) is 0 Å². The molecule has 0 aliphatic carbocycles. The predicted octanol–water partition coefficient (Wildman–Crippen LogP) is 0.322. The van der Waals surface area contributed by atoms with Gasteiger partial charge in [0.25, 0.3) is 5.91 Å². The molecule has 1 aromatic carbocycles. The van der Waals surface area contributed by atoms with Gasteiger partial charge in [-0.1, -0.05) is 24.3 Å². The van der Waals surface area contributed by atoms with Gasteiger partial charge in [-0.2, -0.15) is 0 Å². The maximum Gasteiger partial charge on any atom is 0.323 e. The summed E-state index contributed by atoms with van der Waals surface area (Å²) in [6, 6.07) is 10.2. The lowest BCUT2D eigenvalue weighted by Crippen LogP contribution is -2.33. The number of aromatic nitrogens is 1. The van der Waals surface area contributed by atoms with Crippen molar-refractivity contribution in [2.24, 2.45) is 11.5 Å². The number of pyridine rings is 1. The smallest absolute Gasteiger partial charge is 0.323 e. The molecule has 0 fully saturated rings. The maximum atomic E-state index is 10.8. The molecule has 0 bridgehead atoms. The highest BCUT2D eigenvalue weighted by molar-refractivity contribution is 5.93. The Labute approximate surface area is 132 Å². The standard InChI is InChI=1S/C10H8N2O.C3H6N2O3.C2H2/c11-10(13)9-6-5-7-3-1-2-4-8(7)12-9;4-3(8)5-1-2(6)7;1-2/h1-6H,(H2,11,13);1H2,(H,6,7)(H3,4,5,8);1-2H. The average Bonchev–Trinajstić information content (AvgIpc) is 2.55. The number of benzene rings is 1. The van der Waals surface area contributed by atoms with E-state index in [1.807, 2.05) is 35.6 Å². The topological polar surface area (TPSA) is 148 Å². The van der Waals surface area contributed by atoms with Crippen LogP contribution < -0.4 is 16.8 Å². The molecule has 0 atom stereocenters. The number of carboxylic acid groups (broad SMARTS) is 1. The van der Waals surface area contributed by atoms with Crippen LogP contribution in [-0.4, -0.2) is 34.5 Å². The molecule has 0 saturated heterocycles. The summed E-state index contributed by atoms with van der Waals surface area (Å²) in [5.74, 6) is -1.60. The van der Waals surface area contributed by atoms with E-state index in [2.05, 4.69) is 23.6 Å². The number of rotatable bonds is 3. The van der Waals surface area contributed by atoms with Crippen LogP contribution in [0.15, 0.2) is 36.4 Å².